The summed E-state index contributed by atoms with van der Waals surface area (Å²) in [5, 5.41) is 1.57. The number of hydrogen-bond acceptors (Lipinski definition) is 0. The Bertz CT molecular complexity index is 403. The zero-order valence-electron chi connectivity index (χ0n) is 12.5. The van der Waals surface area contributed by atoms with Crippen LogP contribution in [0.3, 0.4) is 0 Å². The molecule has 0 saturated heterocycles. The molecule has 1 aromatic rings. The van der Waals surface area contributed by atoms with E-state index in [1.54, 1.807) is 0 Å². The summed E-state index contributed by atoms with van der Waals surface area (Å²) < 4.78 is 0.990. The lowest BCUT2D eigenvalue weighted by atomic mass is 10.1. The summed E-state index contributed by atoms with van der Waals surface area (Å²) in [7, 11) is 0. The third-order valence-electron chi connectivity index (χ3n) is 3.98. The highest BCUT2D eigenvalue weighted by molar-refractivity contribution is 6.39. The number of halogens is 3. The summed E-state index contributed by atoms with van der Waals surface area (Å²) in [5.74, 6) is 0. The van der Waals surface area contributed by atoms with Crippen molar-refractivity contribution in [3.05, 3.63) is 46.0 Å². The number of rotatable bonds is 7. The molecule has 0 radical (unpaired) electrons. The van der Waals surface area contributed by atoms with Gasteiger partial charge in [0.2, 0.25) is 0 Å². The largest absolute Gasteiger partial charge is 1.00 e. The second kappa shape index (κ2) is 9.68. The van der Waals surface area contributed by atoms with Gasteiger partial charge in [0.25, 0.3) is 0 Å². The first-order chi connectivity index (χ1) is 9.06. The third kappa shape index (κ3) is 5.65. The highest BCUT2D eigenvalue weighted by Crippen LogP contribution is 2.22. The minimum Gasteiger partial charge on any atom is -1.00 e. The van der Waals surface area contributed by atoms with E-state index in [1.807, 2.05) is 18.2 Å². The standard InChI is InChI=1S/C16H24Cl2N.ClH/c1-4-19(5-2,6-3)13-16(18)15(17)12-14-10-8-7-9-11-14;/h7-11H,4-6,12-13H2,1-3H3;1H/q+1;/p-1. The lowest BCUT2D eigenvalue weighted by Gasteiger charge is -2.35. The van der Waals surface area contributed by atoms with Crippen LogP contribution < -0.4 is 12.4 Å². The van der Waals surface area contributed by atoms with E-state index >= 15 is 0 Å². The van der Waals surface area contributed by atoms with Crippen molar-refractivity contribution in [1.29, 1.82) is 0 Å². The van der Waals surface area contributed by atoms with E-state index in [4.69, 9.17) is 23.2 Å². The minimum absolute atomic E-state index is 0. The fourth-order valence-corrected chi connectivity index (χ4v) is 2.79. The average Bonchev–Trinajstić information content (AvgIpc) is 2.45. The smallest absolute Gasteiger partial charge is 0.116 e. The van der Waals surface area contributed by atoms with E-state index in [2.05, 4.69) is 32.9 Å². The molecule has 0 amide bonds. The van der Waals surface area contributed by atoms with Gasteiger partial charge in [-0.2, -0.15) is 0 Å². The molecule has 0 aliphatic carbocycles. The first-order valence-corrected chi connectivity index (χ1v) is 7.74. The van der Waals surface area contributed by atoms with Gasteiger partial charge in [0.05, 0.1) is 24.7 Å². The van der Waals surface area contributed by atoms with Crippen LogP contribution in [0.15, 0.2) is 40.4 Å². The monoisotopic (exact) mass is 335 g/mol. The van der Waals surface area contributed by atoms with Crippen molar-refractivity contribution in [3.63, 3.8) is 0 Å². The van der Waals surface area contributed by atoms with Crippen LogP contribution >= 0.6 is 23.2 Å². The summed E-state index contributed by atoms with van der Waals surface area (Å²) >= 11 is 12.8. The normalized spacial score (nSPS) is 12.7. The maximum Gasteiger partial charge on any atom is 0.116 e. The summed E-state index contributed by atoms with van der Waals surface area (Å²) in [6.07, 6.45) is 0.721. The molecule has 1 aromatic carbocycles. The molecule has 0 atom stereocenters. The fraction of sp³-hybridized carbons (Fsp3) is 0.500. The van der Waals surface area contributed by atoms with Crippen molar-refractivity contribution < 1.29 is 16.9 Å². The van der Waals surface area contributed by atoms with Crippen LogP contribution in [-0.2, 0) is 6.42 Å². The zero-order valence-corrected chi connectivity index (χ0v) is 14.8. The SMILES string of the molecule is CC[N+](CC)(CC)CC(Cl)=C(Cl)Cc1ccccc1.[Cl-]. The predicted molar refractivity (Wildman–Crippen MR) is 85.6 cm³/mol. The molecular weight excluding hydrogens is 313 g/mol. The molecule has 1 rings (SSSR count). The molecule has 0 heterocycles. The van der Waals surface area contributed by atoms with Crippen molar-refractivity contribution in [1.82, 2.24) is 0 Å². The molecule has 0 fully saturated rings. The van der Waals surface area contributed by atoms with Gasteiger partial charge in [-0.3, -0.25) is 0 Å². The lowest BCUT2D eigenvalue weighted by Crippen LogP contribution is -3.00. The number of quaternary nitrogens is 1. The molecule has 20 heavy (non-hydrogen) atoms. The Morgan fingerprint density at radius 3 is 1.85 bits per heavy atom. The van der Waals surface area contributed by atoms with E-state index in [0.717, 1.165) is 47.1 Å². The van der Waals surface area contributed by atoms with E-state index in [1.165, 1.54) is 5.56 Å². The van der Waals surface area contributed by atoms with Gasteiger partial charge in [-0.25, -0.2) is 0 Å². The molecule has 0 aliphatic heterocycles. The topological polar surface area (TPSA) is 0 Å². The van der Waals surface area contributed by atoms with Gasteiger partial charge < -0.3 is 16.9 Å². The Labute approximate surface area is 139 Å². The van der Waals surface area contributed by atoms with Gasteiger partial charge in [-0.05, 0) is 26.3 Å². The molecule has 1 nitrogen and oxygen atoms in total. The Morgan fingerprint density at radius 1 is 0.900 bits per heavy atom. The zero-order chi connectivity index (χ0) is 14.3. The number of likely N-dealkylation sites (N-methyl/N-ethyl adjacent to an activating group) is 1. The highest BCUT2D eigenvalue weighted by atomic mass is 35.5. The number of allylic oxidation sites excluding steroid dienone is 1. The fourth-order valence-electron chi connectivity index (χ4n) is 2.26. The average molecular weight is 337 g/mol. The van der Waals surface area contributed by atoms with Gasteiger partial charge >= 0.3 is 0 Å². The number of hydrogen-bond donors (Lipinski definition) is 0. The molecule has 0 N–H and O–H groups in total. The maximum absolute atomic E-state index is 6.43. The van der Waals surface area contributed by atoms with E-state index in [0.29, 0.717) is 0 Å². The molecule has 0 unspecified atom stereocenters. The Balaban J connectivity index is 0.00000361. The van der Waals surface area contributed by atoms with Crippen molar-refractivity contribution >= 4 is 23.2 Å². The van der Waals surface area contributed by atoms with Crippen LogP contribution in [0.4, 0.5) is 0 Å². The van der Waals surface area contributed by atoms with Crippen LogP contribution in [0.5, 0.6) is 0 Å². The van der Waals surface area contributed by atoms with Crippen LogP contribution in [0.2, 0.25) is 0 Å². The van der Waals surface area contributed by atoms with Gasteiger partial charge in [-0.1, -0.05) is 53.5 Å². The van der Waals surface area contributed by atoms with E-state index in [9.17, 15) is 0 Å². The first kappa shape index (κ1) is 19.8. The second-order valence-electron chi connectivity index (χ2n) is 4.92. The Morgan fingerprint density at radius 2 is 1.40 bits per heavy atom. The highest BCUT2D eigenvalue weighted by Gasteiger charge is 2.23. The molecule has 0 aliphatic rings. The molecule has 0 aromatic heterocycles. The number of nitrogens with zero attached hydrogens (tertiary/aromatic N) is 1. The Kier molecular flexibility index (Phi) is 9.58. The summed E-state index contributed by atoms with van der Waals surface area (Å²) in [6.45, 7) is 10.7. The minimum atomic E-state index is 0. The van der Waals surface area contributed by atoms with Gasteiger partial charge in [0, 0.05) is 11.5 Å². The number of benzene rings is 1. The molecule has 114 valence electrons. The van der Waals surface area contributed by atoms with Gasteiger partial charge in [0.15, 0.2) is 0 Å². The molecule has 0 saturated carbocycles. The summed E-state index contributed by atoms with van der Waals surface area (Å²) in [6, 6.07) is 10.2. The molecule has 4 heteroatoms. The van der Waals surface area contributed by atoms with Crippen LogP contribution in [0.25, 0.3) is 0 Å². The Hall–Kier alpha value is -0.210. The van der Waals surface area contributed by atoms with Gasteiger partial charge in [0.1, 0.15) is 6.54 Å². The maximum atomic E-state index is 6.43. The van der Waals surface area contributed by atoms with Crippen molar-refractivity contribution in [2.75, 3.05) is 26.2 Å². The predicted octanol–water partition coefficient (Wildman–Crippen LogP) is 1.80. The molecule has 0 spiro atoms. The van der Waals surface area contributed by atoms with Crippen molar-refractivity contribution in [2.24, 2.45) is 0 Å². The first-order valence-electron chi connectivity index (χ1n) is 6.99. The van der Waals surface area contributed by atoms with E-state index in [-0.39, 0.29) is 12.4 Å². The lowest BCUT2D eigenvalue weighted by molar-refractivity contribution is -0.918. The van der Waals surface area contributed by atoms with Crippen LogP contribution in [0.1, 0.15) is 26.3 Å². The summed E-state index contributed by atoms with van der Waals surface area (Å²) in [4.78, 5) is 0. The van der Waals surface area contributed by atoms with Crippen molar-refractivity contribution in [3.8, 4) is 0 Å². The summed E-state index contributed by atoms with van der Waals surface area (Å²) in [5.41, 5.74) is 1.20. The van der Waals surface area contributed by atoms with E-state index < -0.39 is 0 Å². The van der Waals surface area contributed by atoms with Crippen molar-refractivity contribution in [2.45, 2.75) is 27.2 Å². The second-order valence-corrected chi connectivity index (χ2v) is 5.83. The van der Waals surface area contributed by atoms with Crippen LogP contribution in [-0.4, -0.2) is 30.7 Å². The van der Waals surface area contributed by atoms with Crippen LogP contribution in [0, 0.1) is 0 Å². The molecule has 0 bridgehead atoms. The third-order valence-corrected chi connectivity index (χ3v) is 4.79. The molecular formula is C16H24Cl3N. The quantitative estimate of drug-likeness (QED) is 0.666. The van der Waals surface area contributed by atoms with Gasteiger partial charge in [-0.15, -0.1) is 0 Å².